The molecule has 0 aliphatic carbocycles. The molecule has 18 heavy (non-hydrogen) atoms. The molecule has 102 valence electrons. The molecular formula is C16H27NO. The normalized spacial score (nSPS) is 11.6. The summed E-state index contributed by atoms with van der Waals surface area (Å²) in [7, 11) is 1.74. The first-order valence-electron chi connectivity index (χ1n) is 6.82. The van der Waals surface area contributed by atoms with Crippen LogP contribution in [0.3, 0.4) is 0 Å². The Hall–Kier alpha value is -1.02. The van der Waals surface area contributed by atoms with Crippen LogP contribution in [0.4, 0.5) is 0 Å². The Bertz CT molecular complexity index is 366. The van der Waals surface area contributed by atoms with Crippen molar-refractivity contribution in [2.45, 2.75) is 46.5 Å². The average molecular weight is 249 g/mol. The summed E-state index contributed by atoms with van der Waals surface area (Å²) in [6.07, 6.45) is 4.36. The molecule has 0 radical (unpaired) electrons. The number of hydrogen-bond acceptors (Lipinski definition) is 2. The van der Waals surface area contributed by atoms with E-state index in [0.29, 0.717) is 5.41 Å². The predicted molar refractivity (Wildman–Crippen MR) is 78.1 cm³/mol. The number of ether oxygens (including phenoxy) is 1. The van der Waals surface area contributed by atoms with Crippen LogP contribution in [0.25, 0.3) is 0 Å². The fourth-order valence-electron chi connectivity index (χ4n) is 2.21. The lowest BCUT2D eigenvalue weighted by Crippen LogP contribution is -2.09. The van der Waals surface area contributed by atoms with Gasteiger partial charge in [-0.3, -0.25) is 0 Å². The molecule has 0 saturated heterocycles. The van der Waals surface area contributed by atoms with E-state index in [1.807, 2.05) is 0 Å². The molecule has 0 saturated carbocycles. The van der Waals surface area contributed by atoms with Crippen LogP contribution in [0.5, 0.6) is 5.75 Å². The van der Waals surface area contributed by atoms with E-state index < -0.39 is 0 Å². The Labute approximate surface area is 112 Å². The molecule has 0 atom stereocenters. The van der Waals surface area contributed by atoms with E-state index in [2.05, 4.69) is 39.0 Å². The van der Waals surface area contributed by atoms with Crippen LogP contribution in [0.15, 0.2) is 18.2 Å². The third-order valence-electron chi connectivity index (χ3n) is 2.98. The summed E-state index contributed by atoms with van der Waals surface area (Å²) in [6.45, 7) is 7.58. The molecule has 0 aliphatic heterocycles. The van der Waals surface area contributed by atoms with Gasteiger partial charge < -0.3 is 10.5 Å². The fourth-order valence-corrected chi connectivity index (χ4v) is 2.21. The minimum atomic E-state index is 0.323. The van der Waals surface area contributed by atoms with Crippen LogP contribution in [-0.4, -0.2) is 13.7 Å². The maximum absolute atomic E-state index is 5.55. The maximum Gasteiger partial charge on any atom is 0.122 e. The molecule has 0 aromatic heterocycles. The Morgan fingerprint density at radius 3 is 2.44 bits per heavy atom. The summed E-state index contributed by atoms with van der Waals surface area (Å²) in [5, 5.41) is 0. The van der Waals surface area contributed by atoms with E-state index in [9.17, 15) is 0 Å². The first kappa shape index (κ1) is 15.0. The first-order valence-corrected chi connectivity index (χ1v) is 6.82. The highest BCUT2D eigenvalue weighted by molar-refractivity contribution is 5.37. The Balaban J connectivity index is 2.80. The van der Waals surface area contributed by atoms with Crippen molar-refractivity contribution in [1.82, 2.24) is 0 Å². The molecule has 0 unspecified atom stereocenters. The van der Waals surface area contributed by atoms with Gasteiger partial charge >= 0.3 is 0 Å². The third kappa shape index (κ3) is 5.09. The van der Waals surface area contributed by atoms with Crippen molar-refractivity contribution >= 4 is 0 Å². The number of unbranched alkanes of at least 4 members (excludes halogenated alkanes) is 1. The van der Waals surface area contributed by atoms with Crippen molar-refractivity contribution < 1.29 is 4.74 Å². The van der Waals surface area contributed by atoms with Gasteiger partial charge in [-0.25, -0.2) is 0 Å². The lowest BCUT2D eigenvalue weighted by atomic mass is 9.87. The molecule has 0 amide bonds. The zero-order valence-electron chi connectivity index (χ0n) is 12.3. The Kier molecular flexibility index (Phi) is 5.67. The summed E-state index contributed by atoms with van der Waals surface area (Å²) < 4.78 is 5.43. The zero-order valence-corrected chi connectivity index (χ0v) is 12.3. The molecule has 0 fully saturated rings. The van der Waals surface area contributed by atoms with Crippen LogP contribution in [-0.2, 0) is 12.8 Å². The van der Waals surface area contributed by atoms with Crippen molar-refractivity contribution in [1.29, 1.82) is 0 Å². The Morgan fingerprint density at radius 1 is 1.17 bits per heavy atom. The second-order valence-electron chi connectivity index (χ2n) is 6.13. The number of aryl methyl sites for hydroxylation is 1. The molecule has 0 heterocycles. The monoisotopic (exact) mass is 249 g/mol. The van der Waals surface area contributed by atoms with E-state index >= 15 is 0 Å². The van der Waals surface area contributed by atoms with Gasteiger partial charge in [-0.05, 0) is 54.8 Å². The van der Waals surface area contributed by atoms with Crippen molar-refractivity contribution in [3.05, 3.63) is 29.3 Å². The van der Waals surface area contributed by atoms with Crippen LogP contribution < -0.4 is 10.5 Å². The first-order chi connectivity index (χ1) is 8.46. The summed E-state index contributed by atoms with van der Waals surface area (Å²) in [5.41, 5.74) is 8.57. The van der Waals surface area contributed by atoms with Gasteiger partial charge in [0, 0.05) is 0 Å². The van der Waals surface area contributed by atoms with Crippen molar-refractivity contribution in [3.63, 3.8) is 0 Å². The van der Waals surface area contributed by atoms with Crippen LogP contribution in [0.1, 0.15) is 44.7 Å². The summed E-state index contributed by atoms with van der Waals surface area (Å²) >= 11 is 0. The second-order valence-corrected chi connectivity index (χ2v) is 6.13. The van der Waals surface area contributed by atoms with Gasteiger partial charge in [0.1, 0.15) is 5.75 Å². The van der Waals surface area contributed by atoms with Gasteiger partial charge in [0.25, 0.3) is 0 Å². The second kappa shape index (κ2) is 6.79. The smallest absolute Gasteiger partial charge is 0.122 e. The lowest BCUT2D eigenvalue weighted by Gasteiger charge is -2.19. The van der Waals surface area contributed by atoms with Gasteiger partial charge in [-0.2, -0.15) is 0 Å². The van der Waals surface area contributed by atoms with Crippen molar-refractivity contribution in [2.75, 3.05) is 13.7 Å². The van der Waals surface area contributed by atoms with Gasteiger partial charge in [0.05, 0.1) is 7.11 Å². The number of methoxy groups -OCH3 is 1. The SMILES string of the molecule is COc1ccc(CC(C)(C)C)cc1CCCCN. The Morgan fingerprint density at radius 2 is 1.89 bits per heavy atom. The molecule has 0 spiro atoms. The molecule has 0 bridgehead atoms. The van der Waals surface area contributed by atoms with Gasteiger partial charge in [0.2, 0.25) is 0 Å². The quantitative estimate of drug-likeness (QED) is 0.782. The standard InChI is InChI=1S/C16H27NO/c1-16(2,3)12-13-8-9-15(18-4)14(11-13)7-5-6-10-17/h8-9,11H,5-7,10,12,17H2,1-4H3. The maximum atomic E-state index is 5.55. The highest BCUT2D eigenvalue weighted by atomic mass is 16.5. The van der Waals surface area contributed by atoms with Crippen LogP contribution in [0, 0.1) is 5.41 Å². The van der Waals surface area contributed by atoms with Gasteiger partial charge in [0.15, 0.2) is 0 Å². The number of rotatable bonds is 6. The van der Waals surface area contributed by atoms with Crippen molar-refractivity contribution in [3.8, 4) is 5.75 Å². The molecule has 2 heteroatoms. The van der Waals surface area contributed by atoms with Gasteiger partial charge in [-0.15, -0.1) is 0 Å². The molecule has 0 aliphatic rings. The largest absolute Gasteiger partial charge is 0.496 e. The lowest BCUT2D eigenvalue weighted by molar-refractivity contribution is 0.402. The van der Waals surface area contributed by atoms with E-state index in [0.717, 1.165) is 38.0 Å². The predicted octanol–water partition coefficient (Wildman–Crippen LogP) is 3.57. The minimum Gasteiger partial charge on any atom is -0.496 e. The van der Waals surface area contributed by atoms with E-state index in [1.54, 1.807) is 7.11 Å². The zero-order chi connectivity index (χ0) is 13.6. The van der Waals surface area contributed by atoms with Crippen LogP contribution >= 0.6 is 0 Å². The molecule has 1 rings (SSSR count). The summed E-state index contributed by atoms with van der Waals surface area (Å²) in [6, 6.07) is 6.57. The molecule has 2 nitrogen and oxygen atoms in total. The molecule has 2 N–H and O–H groups in total. The third-order valence-corrected chi connectivity index (χ3v) is 2.98. The van der Waals surface area contributed by atoms with E-state index in [1.165, 1.54) is 11.1 Å². The highest BCUT2D eigenvalue weighted by Gasteiger charge is 2.12. The fraction of sp³-hybridized carbons (Fsp3) is 0.625. The minimum absolute atomic E-state index is 0.323. The number of nitrogens with two attached hydrogens (primary N) is 1. The highest BCUT2D eigenvalue weighted by Crippen LogP contribution is 2.26. The van der Waals surface area contributed by atoms with Gasteiger partial charge in [-0.1, -0.05) is 32.9 Å². The molecule has 1 aromatic carbocycles. The van der Waals surface area contributed by atoms with E-state index in [-0.39, 0.29) is 0 Å². The van der Waals surface area contributed by atoms with E-state index in [4.69, 9.17) is 10.5 Å². The average Bonchev–Trinajstić information content (AvgIpc) is 2.27. The summed E-state index contributed by atoms with van der Waals surface area (Å²) in [5.74, 6) is 1.00. The number of benzene rings is 1. The topological polar surface area (TPSA) is 35.2 Å². The number of hydrogen-bond donors (Lipinski definition) is 1. The van der Waals surface area contributed by atoms with Crippen LogP contribution in [0.2, 0.25) is 0 Å². The molecule has 1 aromatic rings. The summed E-state index contributed by atoms with van der Waals surface area (Å²) in [4.78, 5) is 0. The molecular weight excluding hydrogens is 222 g/mol. The van der Waals surface area contributed by atoms with Crippen molar-refractivity contribution in [2.24, 2.45) is 11.1 Å².